The molecule has 0 aliphatic rings. The number of ether oxygens (including phenoxy) is 1. The summed E-state index contributed by atoms with van der Waals surface area (Å²) in [5, 5.41) is 13.8. The van der Waals surface area contributed by atoms with Crippen LogP contribution in [0.15, 0.2) is 47.6 Å². The Kier molecular flexibility index (Phi) is 3.42. The first-order valence-electron chi connectivity index (χ1n) is 6.37. The molecule has 0 amide bonds. The number of imidazole rings is 1. The van der Waals surface area contributed by atoms with Crippen LogP contribution in [-0.4, -0.2) is 28.4 Å². The number of aromatic nitrogens is 2. The van der Waals surface area contributed by atoms with Crippen molar-refractivity contribution in [3.05, 3.63) is 48.0 Å². The van der Waals surface area contributed by atoms with Gasteiger partial charge in [0.1, 0.15) is 0 Å². The SMILES string of the molecule is COc1ccc(/C=N\Nc2nc3ccccc3[nH]2)cc1O. The molecule has 3 N–H and O–H groups in total. The fraction of sp³-hybridized carbons (Fsp3) is 0.0667. The van der Waals surface area contributed by atoms with Gasteiger partial charge in [0.05, 0.1) is 24.4 Å². The quantitative estimate of drug-likeness (QED) is 0.507. The lowest BCUT2D eigenvalue weighted by Gasteiger charge is -2.02. The topological polar surface area (TPSA) is 82.5 Å². The summed E-state index contributed by atoms with van der Waals surface area (Å²) in [5.74, 6) is 1.06. The van der Waals surface area contributed by atoms with E-state index in [9.17, 15) is 5.11 Å². The third-order valence-corrected chi connectivity index (χ3v) is 2.98. The lowest BCUT2D eigenvalue weighted by molar-refractivity contribution is 0.373. The smallest absolute Gasteiger partial charge is 0.222 e. The van der Waals surface area contributed by atoms with Crippen molar-refractivity contribution >= 4 is 23.2 Å². The van der Waals surface area contributed by atoms with Crippen molar-refractivity contribution in [3.8, 4) is 11.5 Å². The van der Waals surface area contributed by atoms with Crippen LogP contribution in [0.5, 0.6) is 11.5 Å². The van der Waals surface area contributed by atoms with E-state index in [0.29, 0.717) is 11.7 Å². The summed E-state index contributed by atoms with van der Waals surface area (Å²) in [4.78, 5) is 7.45. The van der Waals surface area contributed by atoms with Crippen molar-refractivity contribution in [3.63, 3.8) is 0 Å². The van der Waals surface area contributed by atoms with Gasteiger partial charge in [0, 0.05) is 0 Å². The maximum atomic E-state index is 9.68. The summed E-state index contributed by atoms with van der Waals surface area (Å²) in [7, 11) is 1.51. The number of phenolic OH excluding ortho intramolecular Hbond substituents is 1. The average molecular weight is 282 g/mol. The molecule has 0 radical (unpaired) electrons. The predicted molar refractivity (Wildman–Crippen MR) is 82.0 cm³/mol. The summed E-state index contributed by atoms with van der Waals surface area (Å²) in [6.07, 6.45) is 1.59. The Morgan fingerprint density at radius 3 is 2.90 bits per heavy atom. The number of fused-ring (bicyclic) bond motifs is 1. The fourth-order valence-electron chi connectivity index (χ4n) is 1.96. The molecule has 0 fully saturated rings. The normalized spacial score (nSPS) is 11.1. The maximum absolute atomic E-state index is 9.68. The number of benzene rings is 2. The van der Waals surface area contributed by atoms with E-state index in [2.05, 4.69) is 20.5 Å². The highest BCUT2D eigenvalue weighted by atomic mass is 16.5. The first-order valence-corrected chi connectivity index (χ1v) is 6.37. The van der Waals surface area contributed by atoms with Gasteiger partial charge in [-0.1, -0.05) is 12.1 Å². The average Bonchev–Trinajstić information content (AvgIpc) is 2.90. The molecule has 6 heteroatoms. The molecule has 21 heavy (non-hydrogen) atoms. The minimum atomic E-state index is 0.0742. The Bertz CT molecular complexity index is 762. The largest absolute Gasteiger partial charge is 0.504 e. The second-order valence-corrected chi connectivity index (χ2v) is 4.40. The molecule has 0 spiro atoms. The molecule has 6 nitrogen and oxygen atoms in total. The molecular weight excluding hydrogens is 268 g/mol. The molecule has 106 valence electrons. The molecule has 3 rings (SSSR count). The zero-order chi connectivity index (χ0) is 14.7. The Labute approximate surface area is 121 Å². The van der Waals surface area contributed by atoms with Gasteiger partial charge in [-0.15, -0.1) is 0 Å². The van der Waals surface area contributed by atoms with Crippen LogP contribution in [0.1, 0.15) is 5.56 Å². The number of H-pyrrole nitrogens is 1. The van der Waals surface area contributed by atoms with Gasteiger partial charge in [0.25, 0.3) is 0 Å². The van der Waals surface area contributed by atoms with Gasteiger partial charge in [0.15, 0.2) is 11.5 Å². The molecule has 0 aliphatic carbocycles. The Morgan fingerprint density at radius 2 is 2.14 bits per heavy atom. The molecule has 0 saturated heterocycles. The zero-order valence-corrected chi connectivity index (χ0v) is 11.4. The number of aromatic amines is 1. The van der Waals surface area contributed by atoms with E-state index in [1.54, 1.807) is 24.4 Å². The van der Waals surface area contributed by atoms with Crippen molar-refractivity contribution in [1.82, 2.24) is 9.97 Å². The van der Waals surface area contributed by atoms with E-state index in [0.717, 1.165) is 16.6 Å². The fourth-order valence-corrected chi connectivity index (χ4v) is 1.96. The van der Waals surface area contributed by atoms with Gasteiger partial charge in [-0.3, -0.25) is 0 Å². The number of nitrogens with one attached hydrogen (secondary N) is 2. The number of hydrazone groups is 1. The van der Waals surface area contributed by atoms with Crippen LogP contribution >= 0.6 is 0 Å². The van der Waals surface area contributed by atoms with E-state index in [-0.39, 0.29) is 5.75 Å². The van der Waals surface area contributed by atoms with Crippen LogP contribution in [0.3, 0.4) is 0 Å². The van der Waals surface area contributed by atoms with Gasteiger partial charge in [-0.2, -0.15) is 5.10 Å². The second-order valence-electron chi connectivity index (χ2n) is 4.40. The molecule has 0 aliphatic heterocycles. The lowest BCUT2D eigenvalue weighted by Crippen LogP contribution is -1.92. The maximum Gasteiger partial charge on any atom is 0.222 e. The van der Waals surface area contributed by atoms with Crippen molar-refractivity contribution < 1.29 is 9.84 Å². The molecule has 2 aromatic carbocycles. The summed E-state index contributed by atoms with van der Waals surface area (Å²) in [6, 6.07) is 12.8. The van der Waals surface area contributed by atoms with Crippen molar-refractivity contribution in [2.75, 3.05) is 12.5 Å². The standard InChI is InChI=1S/C15H14N4O2/c1-21-14-7-6-10(8-13(14)20)9-16-19-15-17-11-4-2-3-5-12(11)18-15/h2-9,20H,1H3,(H2,17,18,19)/b16-9-. The van der Waals surface area contributed by atoms with E-state index in [1.807, 2.05) is 24.3 Å². The summed E-state index contributed by atoms with van der Waals surface area (Å²) in [6.45, 7) is 0. The number of phenols is 1. The molecule has 0 bridgehead atoms. The minimum absolute atomic E-state index is 0.0742. The van der Waals surface area contributed by atoms with Gasteiger partial charge >= 0.3 is 0 Å². The third kappa shape index (κ3) is 2.79. The van der Waals surface area contributed by atoms with E-state index >= 15 is 0 Å². The molecule has 0 saturated carbocycles. The molecular formula is C15H14N4O2. The van der Waals surface area contributed by atoms with Gasteiger partial charge in [-0.25, -0.2) is 10.4 Å². The van der Waals surface area contributed by atoms with Crippen molar-refractivity contribution in [2.24, 2.45) is 5.10 Å². The molecule has 0 atom stereocenters. The predicted octanol–water partition coefficient (Wildman–Crippen LogP) is 2.72. The number of rotatable bonds is 4. The Morgan fingerprint density at radius 1 is 1.29 bits per heavy atom. The Hall–Kier alpha value is -3.02. The van der Waals surface area contributed by atoms with Crippen LogP contribution in [0, 0.1) is 0 Å². The van der Waals surface area contributed by atoms with Crippen molar-refractivity contribution in [2.45, 2.75) is 0 Å². The highest BCUT2D eigenvalue weighted by Gasteiger charge is 2.01. The zero-order valence-electron chi connectivity index (χ0n) is 11.4. The number of para-hydroxylation sites is 2. The van der Waals surface area contributed by atoms with Crippen LogP contribution < -0.4 is 10.2 Å². The van der Waals surface area contributed by atoms with E-state index in [1.165, 1.54) is 7.11 Å². The summed E-state index contributed by atoms with van der Waals surface area (Å²) < 4.78 is 4.98. The minimum Gasteiger partial charge on any atom is -0.504 e. The van der Waals surface area contributed by atoms with Crippen LogP contribution in [-0.2, 0) is 0 Å². The first-order chi connectivity index (χ1) is 10.3. The number of aromatic hydroxyl groups is 1. The lowest BCUT2D eigenvalue weighted by atomic mass is 10.2. The van der Waals surface area contributed by atoms with Crippen LogP contribution in [0.25, 0.3) is 11.0 Å². The molecule has 1 heterocycles. The van der Waals surface area contributed by atoms with Crippen molar-refractivity contribution in [1.29, 1.82) is 0 Å². The van der Waals surface area contributed by atoms with E-state index in [4.69, 9.17) is 4.74 Å². The van der Waals surface area contributed by atoms with E-state index < -0.39 is 0 Å². The highest BCUT2D eigenvalue weighted by molar-refractivity contribution is 5.82. The van der Waals surface area contributed by atoms with Crippen LogP contribution in [0.4, 0.5) is 5.95 Å². The third-order valence-electron chi connectivity index (χ3n) is 2.98. The number of methoxy groups -OCH3 is 1. The molecule has 3 aromatic rings. The number of hydrogen-bond acceptors (Lipinski definition) is 5. The molecule has 1 aromatic heterocycles. The monoisotopic (exact) mass is 282 g/mol. The summed E-state index contributed by atoms with van der Waals surface area (Å²) in [5.41, 5.74) is 5.38. The van der Waals surface area contributed by atoms with Gasteiger partial charge in [0.2, 0.25) is 5.95 Å². The molecule has 0 unspecified atom stereocenters. The number of hydrogen-bond donors (Lipinski definition) is 3. The number of anilines is 1. The van der Waals surface area contributed by atoms with Crippen LogP contribution in [0.2, 0.25) is 0 Å². The number of nitrogens with zero attached hydrogens (tertiary/aromatic N) is 2. The Balaban J connectivity index is 1.73. The second kappa shape index (κ2) is 5.54. The van der Waals surface area contributed by atoms with Gasteiger partial charge < -0.3 is 14.8 Å². The first kappa shape index (κ1) is 13.0. The highest BCUT2D eigenvalue weighted by Crippen LogP contribution is 2.25. The van der Waals surface area contributed by atoms with Gasteiger partial charge in [-0.05, 0) is 35.9 Å². The summed E-state index contributed by atoms with van der Waals surface area (Å²) >= 11 is 0.